The van der Waals surface area contributed by atoms with Crippen molar-refractivity contribution < 1.29 is 4.42 Å². The van der Waals surface area contributed by atoms with Crippen LogP contribution in [0.5, 0.6) is 0 Å². The van der Waals surface area contributed by atoms with E-state index in [1.165, 1.54) is 26.2 Å². The van der Waals surface area contributed by atoms with Gasteiger partial charge >= 0.3 is 0 Å². The Morgan fingerprint density at radius 3 is 1.98 bits per heavy atom. The summed E-state index contributed by atoms with van der Waals surface area (Å²) in [5.41, 5.74) is 12.2. The molecule has 0 radical (unpaired) electrons. The van der Waals surface area contributed by atoms with Crippen LogP contribution in [0.4, 0.5) is 0 Å². The van der Waals surface area contributed by atoms with E-state index in [4.69, 9.17) is 14.4 Å². The highest BCUT2D eigenvalue weighted by Gasteiger charge is 2.26. The maximum absolute atomic E-state index is 6.69. The van der Waals surface area contributed by atoms with Gasteiger partial charge in [-0.25, -0.2) is 9.97 Å². The van der Waals surface area contributed by atoms with Crippen LogP contribution in [0.25, 0.3) is 131 Å². The third-order valence-corrected chi connectivity index (χ3v) is 13.9. The third-order valence-electron chi connectivity index (χ3n) is 12.7. The molecule has 0 atom stereocenters. The predicted molar refractivity (Wildman–Crippen MR) is 259 cm³/mol. The largest absolute Gasteiger partial charge is 0.455 e. The zero-order valence-corrected chi connectivity index (χ0v) is 33.9. The van der Waals surface area contributed by atoms with Gasteiger partial charge in [0.2, 0.25) is 5.95 Å². The summed E-state index contributed by atoms with van der Waals surface area (Å²) in [4.78, 5) is 11.2. The van der Waals surface area contributed by atoms with Crippen molar-refractivity contribution in [3.8, 4) is 34.0 Å². The van der Waals surface area contributed by atoms with Gasteiger partial charge in [0.1, 0.15) is 11.2 Å². The number of para-hydroxylation sites is 2. The Hall–Kier alpha value is -8.06. The number of benzene rings is 9. The highest BCUT2D eigenvalue weighted by Crippen LogP contribution is 2.46. The van der Waals surface area contributed by atoms with Crippen molar-refractivity contribution in [1.82, 2.24) is 19.1 Å². The van der Waals surface area contributed by atoms with Gasteiger partial charge in [-0.3, -0.25) is 4.57 Å². The third kappa shape index (κ3) is 4.67. The van der Waals surface area contributed by atoms with Crippen molar-refractivity contribution in [3.63, 3.8) is 0 Å². The van der Waals surface area contributed by atoms with Crippen molar-refractivity contribution in [3.05, 3.63) is 194 Å². The molecular formula is C56H32N4OS. The average molecular weight is 809 g/mol. The van der Waals surface area contributed by atoms with Crippen LogP contribution < -0.4 is 0 Å². The maximum atomic E-state index is 6.69. The van der Waals surface area contributed by atoms with E-state index in [0.717, 1.165) is 98.5 Å². The fourth-order valence-corrected chi connectivity index (χ4v) is 11.2. The number of fused-ring (bicyclic) bond motifs is 15. The number of furan rings is 1. The van der Waals surface area contributed by atoms with Crippen molar-refractivity contribution in [2.45, 2.75) is 0 Å². The Kier molecular flexibility index (Phi) is 6.92. The summed E-state index contributed by atoms with van der Waals surface area (Å²) in [6.45, 7) is 0. The van der Waals surface area contributed by atoms with E-state index in [0.29, 0.717) is 5.95 Å². The molecule has 0 N–H and O–H groups in total. The van der Waals surface area contributed by atoms with Crippen LogP contribution in [-0.2, 0) is 0 Å². The fraction of sp³-hybridized carbons (Fsp3) is 0. The summed E-state index contributed by atoms with van der Waals surface area (Å²) in [6.07, 6.45) is 0. The minimum Gasteiger partial charge on any atom is -0.455 e. The molecule has 5 aromatic heterocycles. The molecule has 14 rings (SSSR count). The average Bonchev–Trinajstić information content (AvgIpc) is 4.09. The molecule has 62 heavy (non-hydrogen) atoms. The topological polar surface area (TPSA) is 48.8 Å². The van der Waals surface area contributed by atoms with Crippen LogP contribution in [0.2, 0.25) is 0 Å². The van der Waals surface area contributed by atoms with Gasteiger partial charge in [0, 0.05) is 59.2 Å². The lowest BCUT2D eigenvalue weighted by molar-refractivity contribution is 0.670. The molecule has 0 saturated heterocycles. The molecule has 5 nitrogen and oxygen atoms in total. The van der Waals surface area contributed by atoms with E-state index >= 15 is 0 Å². The number of hydrogen-bond acceptors (Lipinski definition) is 4. The number of nitrogens with zero attached hydrogens (tertiary/aromatic N) is 4. The smallest absolute Gasteiger partial charge is 0.235 e. The zero-order chi connectivity index (χ0) is 40.5. The lowest BCUT2D eigenvalue weighted by atomic mass is 10.0. The molecule has 0 aliphatic rings. The Morgan fingerprint density at radius 1 is 0.452 bits per heavy atom. The Balaban J connectivity index is 1.20. The van der Waals surface area contributed by atoms with Gasteiger partial charge in [-0.1, -0.05) is 158 Å². The first-order valence-corrected chi connectivity index (χ1v) is 21.7. The summed E-state index contributed by atoms with van der Waals surface area (Å²) in [5.74, 6) is 0.640. The van der Waals surface area contributed by atoms with E-state index in [9.17, 15) is 0 Å². The molecule has 0 aliphatic heterocycles. The number of aromatic nitrogens is 4. The molecule has 0 bridgehead atoms. The van der Waals surface area contributed by atoms with Crippen molar-refractivity contribution >= 4 is 108 Å². The summed E-state index contributed by atoms with van der Waals surface area (Å²) in [7, 11) is 0. The van der Waals surface area contributed by atoms with E-state index in [1.807, 2.05) is 6.07 Å². The SMILES string of the molecule is c1ccc(-c2cc(-n3c4ccccc4c4ccc5c6c7ccccc7ccc6n(-c6nc(-c7ccccc7)c7sc8ccccc8c7n6)c5c43)cc3c2oc2ccccc23)cc1. The van der Waals surface area contributed by atoms with Crippen LogP contribution >= 0.6 is 11.3 Å². The Morgan fingerprint density at radius 2 is 1.13 bits per heavy atom. The van der Waals surface area contributed by atoms with Crippen LogP contribution in [0.3, 0.4) is 0 Å². The van der Waals surface area contributed by atoms with Gasteiger partial charge in [-0.05, 0) is 52.7 Å². The molecule has 0 saturated carbocycles. The Labute approximate surface area is 358 Å². The molecule has 0 unspecified atom stereocenters. The highest BCUT2D eigenvalue weighted by atomic mass is 32.1. The number of thiophene rings is 1. The second-order valence-electron chi connectivity index (χ2n) is 16.1. The van der Waals surface area contributed by atoms with Gasteiger partial charge in [-0.2, -0.15) is 0 Å². The number of rotatable bonds is 4. The molecule has 5 heterocycles. The molecule has 0 spiro atoms. The molecule has 0 fully saturated rings. The first kappa shape index (κ1) is 33.7. The lowest BCUT2D eigenvalue weighted by Gasteiger charge is -2.14. The van der Waals surface area contributed by atoms with Crippen LogP contribution in [0.1, 0.15) is 0 Å². The monoisotopic (exact) mass is 808 g/mol. The van der Waals surface area contributed by atoms with Crippen LogP contribution in [-0.4, -0.2) is 19.1 Å². The maximum Gasteiger partial charge on any atom is 0.235 e. The molecule has 9 aromatic carbocycles. The van der Waals surface area contributed by atoms with Crippen LogP contribution in [0.15, 0.2) is 199 Å². The Bertz CT molecular complexity index is 4160. The van der Waals surface area contributed by atoms with Crippen molar-refractivity contribution in [2.75, 3.05) is 0 Å². The van der Waals surface area contributed by atoms with Crippen LogP contribution in [0, 0.1) is 0 Å². The summed E-state index contributed by atoms with van der Waals surface area (Å²) >= 11 is 1.76. The van der Waals surface area contributed by atoms with Gasteiger partial charge < -0.3 is 8.98 Å². The minimum atomic E-state index is 0.640. The summed E-state index contributed by atoms with van der Waals surface area (Å²) in [6, 6.07) is 69.4. The molecule has 6 heteroatoms. The number of hydrogen-bond donors (Lipinski definition) is 0. The second kappa shape index (κ2) is 12.7. The fourth-order valence-electron chi connectivity index (χ4n) is 10.0. The first-order valence-electron chi connectivity index (χ1n) is 20.9. The van der Waals surface area contributed by atoms with E-state index < -0.39 is 0 Å². The molecular weight excluding hydrogens is 777 g/mol. The quantitative estimate of drug-likeness (QED) is 0.178. The van der Waals surface area contributed by atoms with E-state index in [1.54, 1.807) is 11.3 Å². The normalized spacial score (nSPS) is 12.2. The lowest BCUT2D eigenvalue weighted by Crippen LogP contribution is -2.04. The van der Waals surface area contributed by atoms with Gasteiger partial charge in [0.15, 0.2) is 0 Å². The van der Waals surface area contributed by atoms with Crippen molar-refractivity contribution in [1.29, 1.82) is 0 Å². The van der Waals surface area contributed by atoms with E-state index in [2.05, 4.69) is 197 Å². The second-order valence-corrected chi connectivity index (χ2v) is 17.1. The zero-order valence-electron chi connectivity index (χ0n) is 33.1. The van der Waals surface area contributed by atoms with Crippen molar-refractivity contribution in [2.24, 2.45) is 0 Å². The summed E-state index contributed by atoms with van der Waals surface area (Å²) < 4.78 is 13.8. The van der Waals surface area contributed by atoms with Gasteiger partial charge in [0.05, 0.1) is 38.0 Å². The highest BCUT2D eigenvalue weighted by molar-refractivity contribution is 7.26. The van der Waals surface area contributed by atoms with E-state index in [-0.39, 0.29) is 0 Å². The van der Waals surface area contributed by atoms with Gasteiger partial charge in [0.25, 0.3) is 0 Å². The molecule has 0 aliphatic carbocycles. The first-order chi connectivity index (χ1) is 30.8. The minimum absolute atomic E-state index is 0.640. The predicted octanol–water partition coefficient (Wildman–Crippen LogP) is 15.4. The standard InChI is InChI=1S/C56H32N4OS/c1-3-15-33(16-4-1)43-31-36(32-44-39-22-10-13-25-47(39)61-54(43)44)59-45-24-12-9-21-38(45)40-28-29-42-49-37-20-8-7-17-34(37)27-30-46(49)60(53(42)52(40)59)56-57-50(35-18-5-2-6-19-35)55-51(58-56)41-23-11-14-26-48(41)62-55/h1-32H. The summed E-state index contributed by atoms with van der Waals surface area (Å²) in [5, 5.41) is 10.3. The molecule has 0 amide bonds. The van der Waals surface area contributed by atoms with Gasteiger partial charge in [-0.15, -0.1) is 11.3 Å². The molecule has 14 aromatic rings. The molecule has 288 valence electrons.